The van der Waals surface area contributed by atoms with Gasteiger partial charge in [0.05, 0.1) is 51.1 Å². The lowest BCUT2D eigenvalue weighted by atomic mass is 10.1. The van der Waals surface area contributed by atoms with E-state index in [1.807, 2.05) is 36.4 Å². The quantitative estimate of drug-likeness (QED) is 0.0116. The van der Waals surface area contributed by atoms with Gasteiger partial charge in [0.1, 0.15) is 0 Å². The number of fused-ring (bicyclic) bond motifs is 1. The zero-order valence-electron chi connectivity index (χ0n) is 27.5. The molecule has 2 aromatic heterocycles. The molecule has 24 heteroatoms. The highest BCUT2D eigenvalue weighted by Gasteiger charge is 2.13. The number of hydrogen-bond donors (Lipinski definition) is 9. The molecule has 0 bridgehead atoms. The van der Waals surface area contributed by atoms with Crippen LogP contribution in [-0.4, -0.2) is 135 Å². The first-order valence-corrected chi connectivity index (χ1v) is 18.0. The Morgan fingerprint density at radius 3 is 1.75 bits per heavy atom. The summed E-state index contributed by atoms with van der Waals surface area (Å²) in [5, 5.41) is 46.5. The van der Waals surface area contributed by atoms with Crippen LogP contribution in [0.4, 0.5) is 47.1 Å². The number of aliphatic hydroxyl groups excluding tert-OH is 2. The molecule has 0 saturated carbocycles. The van der Waals surface area contributed by atoms with Gasteiger partial charge in [0, 0.05) is 60.0 Å². The molecule has 0 radical (unpaired) electrons. The number of nitrogens with zero attached hydrogens (tertiary/aromatic N) is 7. The maximum absolute atomic E-state index is 11.2. The first-order chi connectivity index (χ1) is 25.3. The van der Waals surface area contributed by atoms with E-state index in [1.165, 1.54) is 6.21 Å². The van der Waals surface area contributed by atoms with Crippen molar-refractivity contribution < 1.29 is 47.3 Å². The van der Waals surface area contributed by atoms with Gasteiger partial charge in [-0.3, -0.25) is 4.55 Å². The van der Waals surface area contributed by atoms with Crippen LogP contribution in [0.2, 0.25) is 0 Å². The van der Waals surface area contributed by atoms with Crippen molar-refractivity contribution in [3.05, 3.63) is 36.4 Å². The number of hydrogen-bond acceptors (Lipinski definition) is 22. The van der Waals surface area contributed by atoms with Crippen molar-refractivity contribution in [1.82, 2.24) is 29.9 Å². The van der Waals surface area contributed by atoms with Crippen LogP contribution in [0.15, 0.2) is 41.4 Å². The maximum Gasteiger partial charge on any atom is 0.266 e. The van der Waals surface area contributed by atoms with E-state index >= 15 is 0 Å². The normalized spacial score (nSPS) is 11.6. The third kappa shape index (κ3) is 14.2. The molecule has 0 saturated heterocycles. The molecule has 0 spiro atoms. The SMILES string of the molecule is O=S(=O)(O)CCNc1nc(NCCOCCO)nc(Nc2cccc3c(Nc4nc(N=CCSOOO)nc(NCCOCCO)n4)cccc23)n1. The van der Waals surface area contributed by atoms with Crippen LogP contribution in [-0.2, 0) is 29.0 Å². The van der Waals surface area contributed by atoms with Gasteiger partial charge in [-0.25, -0.2) is 10.2 Å². The molecule has 0 aliphatic carbocycles. The van der Waals surface area contributed by atoms with Gasteiger partial charge in [0.2, 0.25) is 29.7 Å². The van der Waals surface area contributed by atoms with Crippen LogP contribution in [0.3, 0.4) is 0 Å². The monoisotopic (exact) mass is 766 g/mol. The molecule has 2 aromatic carbocycles. The molecule has 2 heterocycles. The predicted molar refractivity (Wildman–Crippen MR) is 193 cm³/mol. The van der Waals surface area contributed by atoms with Crippen molar-refractivity contribution in [3.8, 4) is 0 Å². The lowest BCUT2D eigenvalue weighted by Crippen LogP contribution is -2.18. The van der Waals surface area contributed by atoms with Crippen LogP contribution in [0, 0.1) is 0 Å². The van der Waals surface area contributed by atoms with Gasteiger partial charge in [0.25, 0.3) is 16.1 Å². The van der Waals surface area contributed by atoms with Gasteiger partial charge in [-0.2, -0.15) is 38.3 Å². The third-order valence-corrected chi connectivity index (χ3v) is 7.44. The van der Waals surface area contributed by atoms with Crippen molar-refractivity contribution in [2.45, 2.75) is 0 Å². The maximum atomic E-state index is 11.2. The number of rotatable bonds is 25. The molecule has 0 aliphatic rings. The zero-order valence-corrected chi connectivity index (χ0v) is 29.1. The van der Waals surface area contributed by atoms with Crippen LogP contribution >= 0.6 is 12.0 Å². The fraction of sp³-hybridized carbons (Fsp3) is 0.393. The van der Waals surface area contributed by atoms with Crippen LogP contribution < -0.4 is 26.6 Å². The van der Waals surface area contributed by atoms with E-state index in [0.29, 0.717) is 31.1 Å². The molecule has 4 aromatic rings. The van der Waals surface area contributed by atoms with Crippen molar-refractivity contribution in [2.24, 2.45) is 4.99 Å². The average Bonchev–Trinajstić information content (AvgIpc) is 3.11. The number of nitrogens with one attached hydrogen (secondary N) is 5. The summed E-state index contributed by atoms with van der Waals surface area (Å²) in [6.45, 7) is 1.20. The van der Waals surface area contributed by atoms with Gasteiger partial charge in [-0.1, -0.05) is 29.3 Å². The van der Waals surface area contributed by atoms with Gasteiger partial charge in [0.15, 0.2) is 0 Å². The fourth-order valence-corrected chi connectivity index (χ4v) is 4.80. The first-order valence-electron chi connectivity index (χ1n) is 15.5. The molecule has 0 aliphatic heterocycles. The summed E-state index contributed by atoms with van der Waals surface area (Å²) in [7, 11) is -4.22. The Morgan fingerprint density at radius 2 is 1.21 bits per heavy atom. The summed E-state index contributed by atoms with van der Waals surface area (Å²) in [6.07, 6.45) is 1.45. The second kappa shape index (κ2) is 21.7. The Kier molecular flexibility index (Phi) is 16.7. The first kappa shape index (κ1) is 40.1. The summed E-state index contributed by atoms with van der Waals surface area (Å²) in [5.41, 5.74) is 1.25. The van der Waals surface area contributed by atoms with E-state index in [1.54, 1.807) is 0 Å². The highest BCUT2D eigenvalue weighted by atomic mass is 32.2. The van der Waals surface area contributed by atoms with Crippen molar-refractivity contribution >= 4 is 86.2 Å². The van der Waals surface area contributed by atoms with Crippen LogP contribution in [0.1, 0.15) is 0 Å². The minimum atomic E-state index is -4.22. The number of aliphatic imine (C=N–C) groups is 1. The van der Waals surface area contributed by atoms with Crippen molar-refractivity contribution in [3.63, 3.8) is 0 Å². The standard InChI is InChI=1S/C28H38N12O10S2/c41-11-15-47-13-7-29-23-35-25(31-9-17-51-50-49-43)39-27(37-23)33-21-5-1-4-20-19(21)3-2-6-22(20)34-28-38-24(30-8-14-48-16-12-42)36-26(40-28)32-10-18-52(44,45)46/h1-6,9,41-43H,7-8,10-18H2,(H,44,45,46)(H2,29,33,35,37,39)(H3,30,32,34,36,38,40). The Hall–Kier alpha value is -4.63. The fourth-order valence-electron chi connectivity index (χ4n) is 4.21. The Labute approximate surface area is 301 Å². The minimum Gasteiger partial charge on any atom is -0.394 e. The number of benzene rings is 2. The Bertz CT molecular complexity index is 1850. The number of anilines is 7. The molecule has 0 unspecified atom stereocenters. The predicted octanol–water partition coefficient (Wildman–Crippen LogP) is 1.61. The largest absolute Gasteiger partial charge is 0.394 e. The molecular weight excluding hydrogens is 729 g/mol. The summed E-state index contributed by atoms with van der Waals surface area (Å²) >= 11 is 0.790. The van der Waals surface area contributed by atoms with Gasteiger partial charge >= 0.3 is 0 Å². The molecule has 0 fully saturated rings. The van der Waals surface area contributed by atoms with Crippen LogP contribution in [0.25, 0.3) is 10.8 Å². The molecule has 0 amide bonds. The van der Waals surface area contributed by atoms with E-state index < -0.39 is 15.9 Å². The third-order valence-electron chi connectivity index (χ3n) is 6.28. The number of ether oxygens (including phenoxy) is 2. The van der Waals surface area contributed by atoms with E-state index in [2.05, 4.69) is 70.9 Å². The molecule has 4 rings (SSSR count). The van der Waals surface area contributed by atoms with Crippen molar-refractivity contribution in [1.29, 1.82) is 0 Å². The topological polar surface area (TPSA) is 302 Å². The average molecular weight is 767 g/mol. The number of aromatic nitrogens is 6. The van der Waals surface area contributed by atoms with Gasteiger partial charge in [-0.05, 0) is 12.1 Å². The Morgan fingerprint density at radius 1 is 0.712 bits per heavy atom. The highest BCUT2D eigenvalue weighted by molar-refractivity contribution is 7.95. The lowest BCUT2D eigenvalue weighted by Gasteiger charge is -2.14. The summed E-state index contributed by atoms with van der Waals surface area (Å²) in [4.78, 5) is 30.5. The molecular formula is C28H38N12O10S2. The van der Waals surface area contributed by atoms with Gasteiger partial charge in [-0.15, -0.1) is 4.33 Å². The Balaban J connectivity index is 1.58. The van der Waals surface area contributed by atoms with Gasteiger partial charge < -0.3 is 46.3 Å². The molecule has 0 atom stereocenters. The summed E-state index contributed by atoms with van der Waals surface area (Å²) < 4.78 is 46.5. The highest BCUT2D eigenvalue weighted by Crippen LogP contribution is 2.32. The summed E-state index contributed by atoms with van der Waals surface area (Å²) in [6, 6.07) is 11.1. The van der Waals surface area contributed by atoms with E-state index in [-0.39, 0.29) is 81.0 Å². The number of aliphatic hydroxyl groups is 2. The van der Waals surface area contributed by atoms with E-state index in [4.69, 9.17) is 29.5 Å². The molecule has 9 N–H and O–H groups in total. The molecule has 282 valence electrons. The summed E-state index contributed by atoms with van der Waals surface area (Å²) in [5.74, 6) is 0.449. The second-order valence-corrected chi connectivity index (χ2v) is 12.3. The van der Waals surface area contributed by atoms with E-state index in [9.17, 15) is 8.42 Å². The smallest absolute Gasteiger partial charge is 0.266 e. The van der Waals surface area contributed by atoms with Crippen molar-refractivity contribution in [2.75, 3.05) is 97.4 Å². The molecule has 52 heavy (non-hydrogen) atoms. The lowest BCUT2D eigenvalue weighted by molar-refractivity contribution is -0.432. The van der Waals surface area contributed by atoms with E-state index in [0.717, 1.165) is 22.8 Å². The van der Waals surface area contributed by atoms with Crippen LogP contribution in [0.5, 0.6) is 0 Å². The second-order valence-electron chi connectivity index (χ2n) is 10.0. The zero-order chi connectivity index (χ0) is 37.0. The minimum absolute atomic E-state index is 0.0491. The molecule has 22 nitrogen and oxygen atoms in total.